The average Bonchev–Trinajstić information content (AvgIpc) is 2.67. The summed E-state index contributed by atoms with van der Waals surface area (Å²) in [6.45, 7) is -0.00947. The summed E-state index contributed by atoms with van der Waals surface area (Å²) in [5.41, 5.74) is 1.58. The number of hydrogen-bond donors (Lipinski definition) is 1. The third-order valence-electron chi connectivity index (χ3n) is 1.92. The molecule has 14 heavy (non-hydrogen) atoms. The zero-order valence-electron chi connectivity index (χ0n) is 7.39. The lowest BCUT2D eigenvalue weighted by Crippen LogP contribution is -1.94. The molecule has 0 aliphatic carbocycles. The number of halogens is 1. The second-order valence-electron chi connectivity index (χ2n) is 2.90. The molecule has 72 valence electrons. The fraction of sp³-hybridized carbons (Fsp3) is 0.100. The fourth-order valence-corrected chi connectivity index (χ4v) is 1.43. The van der Waals surface area contributed by atoms with Crippen molar-refractivity contribution in [3.05, 3.63) is 47.2 Å². The van der Waals surface area contributed by atoms with Crippen LogP contribution < -0.4 is 0 Å². The van der Waals surface area contributed by atoms with Crippen LogP contribution in [0.25, 0.3) is 5.69 Å². The van der Waals surface area contributed by atoms with Gasteiger partial charge in [0.05, 0.1) is 23.5 Å². The van der Waals surface area contributed by atoms with Crippen molar-refractivity contribution in [3.8, 4) is 5.69 Å². The highest BCUT2D eigenvalue weighted by Crippen LogP contribution is 2.19. The Labute approximate surface area is 86.6 Å². The lowest BCUT2D eigenvalue weighted by molar-refractivity contribution is 0.282. The van der Waals surface area contributed by atoms with Crippen LogP contribution in [0.2, 0.25) is 5.02 Å². The zero-order chi connectivity index (χ0) is 9.97. The fourth-order valence-electron chi connectivity index (χ4n) is 1.21. The van der Waals surface area contributed by atoms with E-state index in [0.29, 0.717) is 5.02 Å². The van der Waals surface area contributed by atoms with Crippen LogP contribution >= 0.6 is 11.6 Å². The number of aromatic nitrogens is 2. The number of nitrogens with zero attached hydrogens (tertiary/aromatic N) is 2. The van der Waals surface area contributed by atoms with E-state index in [4.69, 9.17) is 16.7 Å². The van der Waals surface area contributed by atoms with E-state index >= 15 is 0 Å². The minimum absolute atomic E-state index is 0.00947. The Morgan fingerprint density at radius 1 is 1.36 bits per heavy atom. The predicted molar refractivity (Wildman–Crippen MR) is 54.5 cm³/mol. The van der Waals surface area contributed by atoms with Gasteiger partial charge in [-0.1, -0.05) is 23.7 Å². The van der Waals surface area contributed by atoms with Crippen molar-refractivity contribution in [1.82, 2.24) is 9.78 Å². The Morgan fingerprint density at radius 2 is 2.14 bits per heavy atom. The van der Waals surface area contributed by atoms with Crippen molar-refractivity contribution >= 4 is 11.6 Å². The molecule has 0 saturated carbocycles. The van der Waals surface area contributed by atoms with Gasteiger partial charge in [-0.2, -0.15) is 5.10 Å². The van der Waals surface area contributed by atoms with E-state index in [0.717, 1.165) is 11.3 Å². The molecule has 3 nitrogen and oxygen atoms in total. The second kappa shape index (κ2) is 3.82. The normalized spacial score (nSPS) is 10.4. The summed E-state index contributed by atoms with van der Waals surface area (Å²) in [6.07, 6.45) is 3.37. The Hall–Kier alpha value is -1.32. The summed E-state index contributed by atoms with van der Waals surface area (Å²) in [4.78, 5) is 0. The molecule has 0 radical (unpaired) electrons. The highest BCUT2D eigenvalue weighted by atomic mass is 35.5. The lowest BCUT2D eigenvalue weighted by Gasteiger charge is -2.02. The lowest BCUT2D eigenvalue weighted by atomic mass is 10.3. The largest absolute Gasteiger partial charge is 0.392 e. The molecule has 0 unspecified atom stereocenters. The van der Waals surface area contributed by atoms with Crippen LogP contribution in [0.3, 0.4) is 0 Å². The maximum atomic E-state index is 8.88. The molecule has 2 aromatic rings. The van der Waals surface area contributed by atoms with Gasteiger partial charge in [0.25, 0.3) is 0 Å². The van der Waals surface area contributed by atoms with E-state index in [1.807, 2.05) is 18.2 Å². The van der Waals surface area contributed by atoms with Gasteiger partial charge < -0.3 is 5.11 Å². The molecule has 0 saturated heterocycles. The summed E-state index contributed by atoms with van der Waals surface area (Å²) in [5.74, 6) is 0. The van der Waals surface area contributed by atoms with Crippen LogP contribution in [-0.4, -0.2) is 14.9 Å². The summed E-state index contributed by atoms with van der Waals surface area (Å²) in [6, 6.07) is 7.43. The van der Waals surface area contributed by atoms with E-state index < -0.39 is 0 Å². The van der Waals surface area contributed by atoms with Crippen molar-refractivity contribution in [3.63, 3.8) is 0 Å². The van der Waals surface area contributed by atoms with Crippen molar-refractivity contribution in [2.45, 2.75) is 6.61 Å². The van der Waals surface area contributed by atoms with Gasteiger partial charge in [-0.3, -0.25) is 0 Å². The number of para-hydroxylation sites is 1. The molecule has 0 aliphatic rings. The molecule has 2 rings (SSSR count). The van der Waals surface area contributed by atoms with Gasteiger partial charge in [0.15, 0.2) is 0 Å². The van der Waals surface area contributed by atoms with E-state index in [1.165, 1.54) is 0 Å². The van der Waals surface area contributed by atoms with E-state index in [9.17, 15) is 0 Å². The molecule has 0 bridgehead atoms. The first-order valence-electron chi connectivity index (χ1n) is 4.20. The standard InChI is InChI=1S/C10H9ClN2O/c11-9-3-1-2-4-10(9)13-6-8(7-14)5-12-13/h1-6,14H,7H2. The smallest absolute Gasteiger partial charge is 0.0831 e. The molecular formula is C10H9ClN2O. The van der Waals surface area contributed by atoms with Crippen LogP contribution in [0.5, 0.6) is 0 Å². The Morgan fingerprint density at radius 3 is 2.79 bits per heavy atom. The molecule has 1 heterocycles. The van der Waals surface area contributed by atoms with Crippen LogP contribution in [-0.2, 0) is 6.61 Å². The van der Waals surface area contributed by atoms with Crippen molar-refractivity contribution < 1.29 is 5.11 Å². The molecule has 4 heteroatoms. The van der Waals surface area contributed by atoms with Gasteiger partial charge >= 0.3 is 0 Å². The molecule has 0 fully saturated rings. The second-order valence-corrected chi connectivity index (χ2v) is 3.31. The van der Waals surface area contributed by atoms with E-state index in [2.05, 4.69) is 5.10 Å². The van der Waals surface area contributed by atoms with Gasteiger partial charge in [0, 0.05) is 11.8 Å². The third-order valence-corrected chi connectivity index (χ3v) is 2.24. The van der Waals surface area contributed by atoms with Crippen LogP contribution in [0.4, 0.5) is 0 Å². The van der Waals surface area contributed by atoms with Crippen LogP contribution in [0.1, 0.15) is 5.56 Å². The summed E-state index contributed by atoms with van der Waals surface area (Å²) in [5, 5.41) is 13.6. The number of aliphatic hydroxyl groups is 1. The van der Waals surface area contributed by atoms with Gasteiger partial charge in [0.2, 0.25) is 0 Å². The quantitative estimate of drug-likeness (QED) is 0.820. The topological polar surface area (TPSA) is 38.1 Å². The van der Waals surface area contributed by atoms with Crippen molar-refractivity contribution in [2.75, 3.05) is 0 Å². The monoisotopic (exact) mass is 208 g/mol. The van der Waals surface area contributed by atoms with Gasteiger partial charge in [0.1, 0.15) is 0 Å². The highest BCUT2D eigenvalue weighted by Gasteiger charge is 2.03. The first-order valence-corrected chi connectivity index (χ1v) is 4.58. The predicted octanol–water partition coefficient (Wildman–Crippen LogP) is 2.02. The average molecular weight is 209 g/mol. The van der Waals surface area contributed by atoms with Gasteiger partial charge in [-0.15, -0.1) is 0 Å². The molecule has 0 spiro atoms. The number of hydrogen-bond acceptors (Lipinski definition) is 2. The maximum absolute atomic E-state index is 8.88. The van der Waals surface area contributed by atoms with E-state index in [-0.39, 0.29) is 6.61 Å². The van der Waals surface area contributed by atoms with Gasteiger partial charge in [-0.25, -0.2) is 4.68 Å². The van der Waals surface area contributed by atoms with E-state index in [1.54, 1.807) is 23.1 Å². The Balaban J connectivity index is 2.44. The first kappa shape index (κ1) is 9.24. The summed E-state index contributed by atoms with van der Waals surface area (Å²) < 4.78 is 1.65. The third kappa shape index (κ3) is 1.64. The molecule has 1 N–H and O–H groups in total. The minimum atomic E-state index is -0.00947. The SMILES string of the molecule is OCc1cnn(-c2ccccc2Cl)c1. The molecular weight excluding hydrogens is 200 g/mol. The molecule has 0 aliphatic heterocycles. The van der Waals surface area contributed by atoms with Crippen molar-refractivity contribution in [2.24, 2.45) is 0 Å². The molecule has 1 aromatic heterocycles. The molecule has 0 atom stereocenters. The Kier molecular flexibility index (Phi) is 2.52. The highest BCUT2D eigenvalue weighted by molar-refractivity contribution is 6.32. The van der Waals surface area contributed by atoms with Gasteiger partial charge in [-0.05, 0) is 12.1 Å². The molecule has 1 aromatic carbocycles. The maximum Gasteiger partial charge on any atom is 0.0831 e. The number of aliphatic hydroxyl groups excluding tert-OH is 1. The van der Waals surface area contributed by atoms with Crippen molar-refractivity contribution in [1.29, 1.82) is 0 Å². The number of benzene rings is 1. The first-order chi connectivity index (χ1) is 6.81. The summed E-state index contributed by atoms with van der Waals surface area (Å²) in [7, 11) is 0. The molecule has 0 amide bonds. The Bertz CT molecular complexity index is 439. The van der Waals surface area contributed by atoms with Crippen LogP contribution in [0.15, 0.2) is 36.7 Å². The zero-order valence-corrected chi connectivity index (χ0v) is 8.15. The summed E-state index contributed by atoms with van der Waals surface area (Å²) >= 11 is 5.99. The number of rotatable bonds is 2. The minimum Gasteiger partial charge on any atom is -0.392 e. The van der Waals surface area contributed by atoms with Crippen LogP contribution in [0, 0.1) is 0 Å².